The number of rotatable bonds is 1. The van der Waals surface area contributed by atoms with Crippen LogP contribution >= 0.6 is 0 Å². The smallest absolute Gasteiger partial charge is 0.265 e. The van der Waals surface area contributed by atoms with Crippen LogP contribution in [0.2, 0.25) is 0 Å². The molecule has 2 N–H and O–H groups in total. The Morgan fingerprint density at radius 2 is 1.44 bits per heavy atom. The number of hydrogen-bond donors (Lipinski definition) is 2. The van der Waals surface area contributed by atoms with Gasteiger partial charge in [0.1, 0.15) is 0 Å². The summed E-state index contributed by atoms with van der Waals surface area (Å²) in [6.45, 7) is 1.88. The molecule has 1 saturated heterocycles. The predicted octanol–water partition coefficient (Wildman–Crippen LogP) is -0.410. The van der Waals surface area contributed by atoms with Crippen molar-refractivity contribution in [1.82, 2.24) is 0 Å². The van der Waals surface area contributed by atoms with E-state index < -0.39 is 24.0 Å². The zero-order valence-electron chi connectivity index (χ0n) is 8.62. The third-order valence-corrected chi connectivity index (χ3v) is 2.54. The minimum Gasteiger partial charge on any atom is -0.380 e. The Morgan fingerprint density at radius 3 is 1.88 bits per heavy atom. The summed E-state index contributed by atoms with van der Waals surface area (Å²) in [6.07, 6.45) is -3.32. The number of carbonyl (C=O) groups excluding carboxylic acids is 2. The molecule has 1 aromatic rings. The van der Waals surface area contributed by atoms with Gasteiger partial charge in [0.2, 0.25) is 0 Å². The van der Waals surface area contributed by atoms with Gasteiger partial charge in [0.15, 0.2) is 12.2 Å². The van der Waals surface area contributed by atoms with E-state index in [-0.39, 0.29) is 0 Å². The second-order valence-corrected chi connectivity index (χ2v) is 3.74. The molecule has 16 heavy (non-hydrogen) atoms. The quantitative estimate of drug-likeness (QED) is 0.632. The SMILES string of the molecule is Cc1ccc(N2C(=O)C(O)C(O)C2=O)cc1. The summed E-state index contributed by atoms with van der Waals surface area (Å²) in [5.74, 6) is -1.58. The van der Waals surface area contributed by atoms with Crippen LogP contribution in [0.25, 0.3) is 0 Å². The van der Waals surface area contributed by atoms with E-state index in [1.807, 2.05) is 6.92 Å². The summed E-state index contributed by atoms with van der Waals surface area (Å²) < 4.78 is 0. The molecular weight excluding hydrogens is 210 g/mol. The molecule has 84 valence electrons. The third kappa shape index (κ3) is 1.50. The Labute approximate surface area is 91.9 Å². The van der Waals surface area contributed by atoms with Crippen molar-refractivity contribution in [1.29, 1.82) is 0 Å². The standard InChI is InChI=1S/C11H11NO4/c1-6-2-4-7(5-3-6)12-10(15)8(13)9(14)11(12)16/h2-5,8-9,13-14H,1H3. The molecule has 0 spiro atoms. The van der Waals surface area contributed by atoms with Gasteiger partial charge in [-0.2, -0.15) is 0 Å². The van der Waals surface area contributed by atoms with Crippen LogP contribution in [0.1, 0.15) is 5.56 Å². The molecule has 1 aliphatic rings. The maximum absolute atomic E-state index is 11.5. The molecule has 0 saturated carbocycles. The van der Waals surface area contributed by atoms with E-state index in [0.717, 1.165) is 10.5 Å². The molecule has 0 bridgehead atoms. The number of amides is 2. The van der Waals surface area contributed by atoms with E-state index >= 15 is 0 Å². The van der Waals surface area contributed by atoms with Crippen LogP contribution in [-0.4, -0.2) is 34.2 Å². The molecule has 1 heterocycles. The fraction of sp³-hybridized carbons (Fsp3) is 0.273. The van der Waals surface area contributed by atoms with Gasteiger partial charge in [-0.05, 0) is 19.1 Å². The number of hydrogen-bond acceptors (Lipinski definition) is 4. The number of aryl methyl sites for hydroxylation is 1. The summed E-state index contributed by atoms with van der Waals surface area (Å²) in [5, 5.41) is 18.5. The normalized spacial score (nSPS) is 25.3. The highest BCUT2D eigenvalue weighted by Crippen LogP contribution is 2.23. The molecule has 2 atom stereocenters. The Bertz CT molecular complexity index is 420. The summed E-state index contributed by atoms with van der Waals surface area (Å²) in [6, 6.07) is 6.67. The van der Waals surface area contributed by atoms with E-state index in [2.05, 4.69) is 0 Å². The Kier molecular flexibility index (Phi) is 2.49. The molecular formula is C11H11NO4. The van der Waals surface area contributed by atoms with Crippen LogP contribution in [0, 0.1) is 6.92 Å². The van der Waals surface area contributed by atoms with Crippen LogP contribution < -0.4 is 4.90 Å². The molecule has 0 aliphatic carbocycles. The summed E-state index contributed by atoms with van der Waals surface area (Å²) in [7, 11) is 0. The van der Waals surface area contributed by atoms with Crippen LogP contribution in [0.4, 0.5) is 5.69 Å². The first-order valence-corrected chi connectivity index (χ1v) is 4.83. The van der Waals surface area contributed by atoms with Crippen molar-refractivity contribution < 1.29 is 19.8 Å². The average Bonchev–Trinajstić information content (AvgIpc) is 2.46. The first-order valence-electron chi connectivity index (χ1n) is 4.83. The van der Waals surface area contributed by atoms with Crippen molar-refractivity contribution in [3.05, 3.63) is 29.8 Å². The van der Waals surface area contributed by atoms with Crippen molar-refractivity contribution in [3.63, 3.8) is 0 Å². The van der Waals surface area contributed by atoms with Crippen molar-refractivity contribution >= 4 is 17.5 Å². The molecule has 5 nitrogen and oxygen atoms in total. The number of nitrogens with zero attached hydrogens (tertiary/aromatic N) is 1. The minimum absolute atomic E-state index is 0.358. The zero-order chi connectivity index (χ0) is 11.9. The second kappa shape index (κ2) is 3.70. The highest BCUT2D eigenvalue weighted by Gasteiger charge is 2.46. The van der Waals surface area contributed by atoms with Gasteiger partial charge in [-0.15, -0.1) is 0 Å². The maximum atomic E-state index is 11.5. The number of carbonyl (C=O) groups is 2. The van der Waals surface area contributed by atoms with Crippen molar-refractivity contribution in [2.75, 3.05) is 4.90 Å². The Balaban J connectivity index is 2.38. The molecule has 2 rings (SSSR count). The highest BCUT2D eigenvalue weighted by molar-refractivity contribution is 6.24. The predicted molar refractivity (Wildman–Crippen MR) is 55.7 cm³/mol. The van der Waals surface area contributed by atoms with Gasteiger partial charge in [-0.25, -0.2) is 4.90 Å². The van der Waals surface area contributed by atoms with E-state index in [0.29, 0.717) is 5.69 Å². The van der Waals surface area contributed by atoms with Crippen molar-refractivity contribution in [3.8, 4) is 0 Å². The van der Waals surface area contributed by atoms with Gasteiger partial charge in [0.25, 0.3) is 11.8 Å². The van der Waals surface area contributed by atoms with E-state index in [9.17, 15) is 19.8 Å². The number of benzene rings is 1. The summed E-state index contributed by atoms with van der Waals surface area (Å²) in [4.78, 5) is 23.8. The molecule has 0 radical (unpaired) electrons. The lowest BCUT2D eigenvalue weighted by Gasteiger charge is -2.13. The summed E-state index contributed by atoms with van der Waals surface area (Å²) >= 11 is 0. The van der Waals surface area contributed by atoms with Gasteiger partial charge in [-0.1, -0.05) is 17.7 Å². The first-order chi connectivity index (χ1) is 7.52. The minimum atomic E-state index is -1.66. The van der Waals surface area contributed by atoms with Crippen LogP contribution in [0.5, 0.6) is 0 Å². The third-order valence-electron chi connectivity index (χ3n) is 2.54. The zero-order valence-corrected chi connectivity index (χ0v) is 8.62. The van der Waals surface area contributed by atoms with Gasteiger partial charge < -0.3 is 10.2 Å². The average molecular weight is 221 g/mol. The van der Waals surface area contributed by atoms with Crippen molar-refractivity contribution in [2.45, 2.75) is 19.1 Å². The van der Waals surface area contributed by atoms with Gasteiger partial charge in [0, 0.05) is 0 Å². The molecule has 0 aromatic heterocycles. The largest absolute Gasteiger partial charge is 0.380 e. The number of anilines is 1. The second-order valence-electron chi connectivity index (χ2n) is 3.74. The lowest BCUT2D eigenvalue weighted by molar-refractivity contribution is -0.129. The van der Waals surface area contributed by atoms with Gasteiger partial charge in [0.05, 0.1) is 5.69 Å². The Morgan fingerprint density at radius 1 is 1.00 bits per heavy atom. The van der Waals surface area contributed by atoms with Crippen LogP contribution in [0.15, 0.2) is 24.3 Å². The Hall–Kier alpha value is -1.72. The maximum Gasteiger partial charge on any atom is 0.265 e. The topological polar surface area (TPSA) is 77.8 Å². The number of aliphatic hydroxyl groups is 2. The molecule has 1 aliphatic heterocycles. The van der Waals surface area contributed by atoms with Crippen LogP contribution in [-0.2, 0) is 9.59 Å². The fourth-order valence-corrected chi connectivity index (χ4v) is 1.59. The van der Waals surface area contributed by atoms with Crippen LogP contribution in [0.3, 0.4) is 0 Å². The number of aliphatic hydroxyl groups excluding tert-OH is 2. The molecule has 2 amide bonds. The number of imide groups is 1. The van der Waals surface area contributed by atoms with E-state index in [1.54, 1.807) is 24.3 Å². The van der Waals surface area contributed by atoms with Gasteiger partial charge >= 0.3 is 0 Å². The molecule has 2 unspecified atom stereocenters. The molecule has 5 heteroatoms. The van der Waals surface area contributed by atoms with Crippen molar-refractivity contribution in [2.24, 2.45) is 0 Å². The van der Waals surface area contributed by atoms with E-state index in [1.165, 1.54) is 0 Å². The lowest BCUT2D eigenvalue weighted by atomic mass is 10.2. The fourth-order valence-electron chi connectivity index (χ4n) is 1.59. The van der Waals surface area contributed by atoms with Gasteiger partial charge in [-0.3, -0.25) is 9.59 Å². The first kappa shape index (κ1) is 10.8. The molecule has 1 aromatic carbocycles. The lowest BCUT2D eigenvalue weighted by Crippen LogP contribution is -2.31. The van der Waals surface area contributed by atoms with E-state index in [4.69, 9.17) is 0 Å². The highest BCUT2D eigenvalue weighted by atomic mass is 16.4. The summed E-state index contributed by atoms with van der Waals surface area (Å²) in [5.41, 5.74) is 1.35. The molecule has 1 fully saturated rings. The monoisotopic (exact) mass is 221 g/mol.